The first-order valence-electron chi connectivity index (χ1n) is 7.85. The largest absolute Gasteiger partial charge is 0.370 e. The molecule has 21 heavy (non-hydrogen) atoms. The number of aromatic nitrogens is 2. The number of nitrogens with zero attached hydrogens (tertiary/aromatic N) is 3. The maximum Gasteiger partial charge on any atom is 0.241 e. The van der Waals surface area contributed by atoms with Crippen LogP contribution >= 0.6 is 0 Å². The molecule has 1 aromatic rings. The highest BCUT2D eigenvalue weighted by molar-refractivity contribution is 5.81. The van der Waals surface area contributed by atoms with E-state index in [4.69, 9.17) is 0 Å². The van der Waals surface area contributed by atoms with Gasteiger partial charge in [-0.15, -0.1) is 0 Å². The summed E-state index contributed by atoms with van der Waals surface area (Å²) >= 11 is 0. The predicted octanol–water partition coefficient (Wildman–Crippen LogP) is 1.90. The van der Waals surface area contributed by atoms with E-state index in [-0.39, 0.29) is 5.91 Å². The topological polar surface area (TPSA) is 70.1 Å². The second-order valence-corrected chi connectivity index (χ2v) is 5.27. The van der Waals surface area contributed by atoms with Crippen molar-refractivity contribution in [3.8, 4) is 0 Å². The molecule has 6 heteroatoms. The monoisotopic (exact) mass is 291 g/mol. The summed E-state index contributed by atoms with van der Waals surface area (Å²) in [6, 6.07) is 0. The Labute approximate surface area is 126 Å². The van der Waals surface area contributed by atoms with Gasteiger partial charge in [0.15, 0.2) is 0 Å². The van der Waals surface area contributed by atoms with Crippen molar-refractivity contribution >= 4 is 17.5 Å². The Morgan fingerprint density at radius 2 is 1.86 bits per heavy atom. The van der Waals surface area contributed by atoms with E-state index in [1.165, 1.54) is 0 Å². The van der Waals surface area contributed by atoms with E-state index >= 15 is 0 Å². The summed E-state index contributed by atoms with van der Waals surface area (Å²) in [5.41, 5.74) is 1.07. The average molecular weight is 291 g/mol. The number of likely N-dealkylation sites (tertiary alicyclic amines) is 1. The number of anilines is 2. The van der Waals surface area contributed by atoms with Gasteiger partial charge in [-0.1, -0.05) is 13.3 Å². The zero-order valence-corrected chi connectivity index (χ0v) is 13.0. The summed E-state index contributed by atoms with van der Waals surface area (Å²) in [6.45, 7) is 7.06. The number of nitrogens with one attached hydrogen (secondary N) is 2. The van der Waals surface area contributed by atoms with Crippen molar-refractivity contribution in [3.05, 3.63) is 11.9 Å². The predicted molar refractivity (Wildman–Crippen MR) is 84.5 cm³/mol. The van der Waals surface area contributed by atoms with Crippen LogP contribution in [0.3, 0.4) is 0 Å². The highest BCUT2D eigenvalue weighted by Gasteiger charge is 2.18. The van der Waals surface area contributed by atoms with Crippen molar-refractivity contribution < 1.29 is 4.79 Å². The number of hydrogen-bond donors (Lipinski definition) is 2. The van der Waals surface area contributed by atoms with Crippen LogP contribution < -0.4 is 10.6 Å². The van der Waals surface area contributed by atoms with Crippen molar-refractivity contribution in [1.29, 1.82) is 0 Å². The van der Waals surface area contributed by atoms with Gasteiger partial charge in [0.05, 0.1) is 6.54 Å². The first kappa shape index (κ1) is 15.5. The van der Waals surface area contributed by atoms with Crippen LogP contribution in [0.5, 0.6) is 0 Å². The Morgan fingerprint density at radius 3 is 2.48 bits per heavy atom. The van der Waals surface area contributed by atoms with Crippen LogP contribution in [0.1, 0.15) is 38.7 Å². The molecular weight excluding hydrogens is 266 g/mol. The second kappa shape index (κ2) is 7.81. The fourth-order valence-electron chi connectivity index (χ4n) is 2.61. The van der Waals surface area contributed by atoms with E-state index < -0.39 is 0 Å². The van der Waals surface area contributed by atoms with Crippen LogP contribution in [-0.4, -0.2) is 47.0 Å². The highest BCUT2D eigenvalue weighted by atomic mass is 16.2. The van der Waals surface area contributed by atoms with Gasteiger partial charge >= 0.3 is 0 Å². The summed E-state index contributed by atoms with van der Waals surface area (Å²) < 4.78 is 0. The molecule has 116 valence electrons. The number of carbonyl (C=O) groups is 1. The van der Waals surface area contributed by atoms with Crippen molar-refractivity contribution in [2.45, 2.75) is 39.5 Å². The van der Waals surface area contributed by atoms with Crippen molar-refractivity contribution in [2.24, 2.45) is 0 Å². The van der Waals surface area contributed by atoms with Gasteiger partial charge in [-0.3, -0.25) is 4.79 Å². The molecule has 1 aliphatic rings. The molecule has 1 aliphatic heterocycles. The minimum Gasteiger partial charge on any atom is -0.370 e. The second-order valence-electron chi connectivity index (χ2n) is 5.27. The third kappa shape index (κ3) is 4.06. The number of rotatable bonds is 7. The Hall–Kier alpha value is -1.85. The number of amides is 1. The van der Waals surface area contributed by atoms with Gasteiger partial charge in [0.1, 0.15) is 18.0 Å². The van der Waals surface area contributed by atoms with E-state index in [2.05, 4.69) is 27.5 Å². The standard InChI is InChI=1S/C15H25N5O/c1-3-7-12-14(16-4-2)18-11-19-15(12)17-10-13(21)20-8-5-6-9-20/h11H,3-10H2,1-2H3,(H2,16,17,18,19). The lowest BCUT2D eigenvalue weighted by atomic mass is 10.1. The Bertz CT molecular complexity index is 471. The third-order valence-corrected chi connectivity index (χ3v) is 3.66. The summed E-state index contributed by atoms with van der Waals surface area (Å²) in [5, 5.41) is 6.45. The van der Waals surface area contributed by atoms with E-state index in [0.717, 1.165) is 62.5 Å². The van der Waals surface area contributed by atoms with Crippen LogP contribution in [-0.2, 0) is 11.2 Å². The van der Waals surface area contributed by atoms with Gasteiger partial charge in [0.2, 0.25) is 5.91 Å². The fourth-order valence-corrected chi connectivity index (χ4v) is 2.61. The molecule has 1 aromatic heterocycles. The molecule has 0 saturated carbocycles. The third-order valence-electron chi connectivity index (χ3n) is 3.66. The molecule has 1 saturated heterocycles. The van der Waals surface area contributed by atoms with Gasteiger partial charge in [-0.2, -0.15) is 0 Å². The van der Waals surface area contributed by atoms with Gasteiger partial charge in [0, 0.05) is 25.2 Å². The van der Waals surface area contributed by atoms with Gasteiger partial charge in [-0.25, -0.2) is 9.97 Å². The quantitative estimate of drug-likeness (QED) is 0.803. The Morgan fingerprint density at radius 1 is 1.19 bits per heavy atom. The van der Waals surface area contributed by atoms with Crippen LogP contribution in [0.4, 0.5) is 11.6 Å². The van der Waals surface area contributed by atoms with E-state index in [1.54, 1.807) is 6.33 Å². The lowest BCUT2D eigenvalue weighted by molar-refractivity contribution is -0.128. The molecule has 6 nitrogen and oxygen atoms in total. The maximum absolute atomic E-state index is 12.1. The molecular formula is C15H25N5O. The normalized spacial score (nSPS) is 14.3. The van der Waals surface area contributed by atoms with Gasteiger partial charge in [-0.05, 0) is 26.2 Å². The van der Waals surface area contributed by atoms with E-state index in [1.807, 2.05) is 11.8 Å². The van der Waals surface area contributed by atoms with Crippen LogP contribution in [0.2, 0.25) is 0 Å². The molecule has 0 radical (unpaired) electrons. The first-order valence-corrected chi connectivity index (χ1v) is 7.85. The minimum atomic E-state index is 0.151. The lowest BCUT2D eigenvalue weighted by Crippen LogP contribution is -2.33. The number of hydrogen-bond acceptors (Lipinski definition) is 5. The van der Waals surface area contributed by atoms with Crippen molar-refractivity contribution in [3.63, 3.8) is 0 Å². The Kier molecular flexibility index (Phi) is 5.78. The molecule has 0 spiro atoms. The first-order chi connectivity index (χ1) is 10.3. The van der Waals surface area contributed by atoms with Gasteiger partial charge < -0.3 is 15.5 Å². The molecule has 0 aromatic carbocycles. The molecule has 1 fully saturated rings. The highest BCUT2D eigenvalue weighted by Crippen LogP contribution is 2.21. The molecule has 0 unspecified atom stereocenters. The van der Waals surface area contributed by atoms with Crippen molar-refractivity contribution in [1.82, 2.24) is 14.9 Å². The molecule has 0 atom stereocenters. The molecule has 2 N–H and O–H groups in total. The summed E-state index contributed by atoms with van der Waals surface area (Å²) in [6.07, 6.45) is 5.68. The molecule has 2 heterocycles. The van der Waals surface area contributed by atoms with Crippen LogP contribution in [0.15, 0.2) is 6.33 Å². The molecule has 0 aliphatic carbocycles. The molecule has 1 amide bonds. The minimum absolute atomic E-state index is 0.151. The molecule has 0 bridgehead atoms. The summed E-state index contributed by atoms with van der Waals surface area (Å²) in [4.78, 5) is 22.6. The summed E-state index contributed by atoms with van der Waals surface area (Å²) in [7, 11) is 0. The average Bonchev–Trinajstić information content (AvgIpc) is 3.02. The zero-order chi connectivity index (χ0) is 15.1. The SMILES string of the molecule is CCCc1c(NCC)ncnc1NCC(=O)N1CCCC1. The number of carbonyl (C=O) groups excluding carboxylic acids is 1. The maximum atomic E-state index is 12.1. The Balaban J connectivity index is 2.03. The summed E-state index contributed by atoms with van der Waals surface area (Å²) in [5.74, 6) is 1.79. The zero-order valence-electron chi connectivity index (χ0n) is 13.0. The van der Waals surface area contributed by atoms with Crippen molar-refractivity contribution in [2.75, 3.05) is 36.8 Å². The fraction of sp³-hybridized carbons (Fsp3) is 0.667. The van der Waals surface area contributed by atoms with E-state index in [0.29, 0.717) is 6.54 Å². The van der Waals surface area contributed by atoms with Gasteiger partial charge in [0.25, 0.3) is 0 Å². The smallest absolute Gasteiger partial charge is 0.241 e. The lowest BCUT2D eigenvalue weighted by Gasteiger charge is -2.18. The van der Waals surface area contributed by atoms with Crippen LogP contribution in [0, 0.1) is 0 Å². The van der Waals surface area contributed by atoms with Crippen LogP contribution in [0.25, 0.3) is 0 Å². The van der Waals surface area contributed by atoms with E-state index in [9.17, 15) is 4.79 Å². The molecule has 2 rings (SSSR count).